The van der Waals surface area contributed by atoms with Crippen molar-refractivity contribution in [3.63, 3.8) is 0 Å². The molecular formula is C20H29N3O2. The highest BCUT2D eigenvalue weighted by Crippen LogP contribution is 2.26. The molecule has 3 rings (SSSR count). The summed E-state index contributed by atoms with van der Waals surface area (Å²) in [5.74, 6) is 0.440. The van der Waals surface area contributed by atoms with Gasteiger partial charge in [-0.15, -0.1) is 0 Å². The molecule has 1 aliphatic carbocycles. The van der Waals surface area contributed by atoms with E-state index in [0.717, 1.165) is 36.9 Å². The summed E-state index contributed by atoms with van der Waals surface area (Å²) in [6.45, 7) is 8.08. The van der Waals surface area contributed by atoms with Crippen LogP contribution in [0.3, 0.4) is 0 Å². The molecule has 1 fully saturated rings. The summed E-state index contributed by atoms with van der Waals surface area (Å²) in [5.41, 5.74) is 2.67. The second-order valence-corrected chi connectivity index (χ2v) is 6.41. The number of nitrogens with one attached hydrogen (secondary N) is 2. The first-order valence-electron chi connectivity index (χ1n) is 9.25. The Morgan fingerprint density at radius 1 is 1.00 bits per heavy atom. The smallest absolute Gasteiger partial charge is 0.330 e. The average molecular weight is 343 g/mol. The SMILES string of the molecule is CC.Cc1ccc(Nc2cc(=O)n(C3CCCCC3)c(=O)[nH]2)cc1C. The first-order valence-corrected chi connectivity index (χ1v) is 9.25. The molecule has 5 nitrogen and oxygen atoms in total. The van der Waals surface area contributed by atoms with Crippen molar-refractivity contribution >= 4 is 11.5 Å². The molecule has 0 saturated heterocycles. The molecule has 0 amide bonds. The van der Waals surface area contributed by atoms with Crippen LogP contribution < -0.4 is 16.6 Å². The lowest BCUT2D eigenvalue weighted by molar-refractivity contribution is 0.336. The van der Waals surface area contributed by atoms with E-state index in [9.17, 15) is 9.59 Å². The zero-order chi connectivity index (χ0) is 18.4. The standard InChI is InChI=1S/C18H23N3O2.C2H6/c1-12-8-9-14(10-13(12)2)19-16-11-17(22)21(18(23)20-16)15-6-4-3-5-7-15;1-2/h8-11,15,19H,3-7H2,1-2H3,(H,20,23);1-2H3. The molecule has 25 heavy (non-hydrogen) atoms. The Bertz CT molecular complexity index is 783. The minimum absolute atomic E-state index is 0.0377. The lowest BCUT2D eigenvalue weighted by atomic mass is 9.95. The number of aromatic amines is 1. The van der Waals surface area contributed by atoms with E-state index in [0.29, 0.717) is 5.82 Å². The third kappa shape index (κ3) is 4.62. The van der Waals surface area contributed by atoms with Crippen LogP contribution in [-0.2, 0) is 0 Å². The minimum atomic E-state index is -0.323. The summed E-state index contributed by atoms with van der Waals surface area (Å²) >= 11 is 0. The summed E-state index contributed by atoms with van der Waals surface area (Å²) in [6.07, 6.45) is 5.17. The van der Waals surface area contributed by atoms with Gasteiger partial charge in [-0.3, -0.25) is 14.3 Å². The van der Waals surface area contributed by atoms with Crippen molar-refractivity contribution in [3.8, 4) is 0 Å². The normalized spacial score (nSPS) is 14.6. The van der Waals surface area contributed by atoms with Crippen LogP contribution >= 0.6 is 0 Å². The molecule has 2 N–H and O–H groups in total. The van der Waals surface area contributed by atoms with E-state index in [4.69, 9.17) is 0 Å². The van der Waals surface area contributed by atoms with Gasteiger partial charge in [0.25, 0.3) is 5.56 Å². The van der Waals surface area contributed by atoms with Crippen LogP contribution in [-0.4, -0.2) is 9.55 Å². The van der Waals surface area contributed by atoms with Crippen molar-refractivity contribution in [2.75, 3.05) is 5.32 Å². The number of nitrogens with zero attached hydrogens (tertiary/aromatic N) is 1. The molecule has 0 spiro atoms. The van der Waals surface area contributed by atoms with Crippen molar-refractivity contribution in [3.05, 3.63) is 56.2 Å². The van der Waals surface area contributed by atoms with Gasteiger partial charge in [0, 0.05) is 17.8 Å². The first kappa shape index (κ1) is 19.0. The number of benzene rings is 1. The fourth-order valence-electron chi connectivity index (χ4n) is 3.23. The zero-order valence-electron chi connectivity index (χ0n) is 15.7. The molecule has 0 atom stereocenters. The van der Waals surface area contributed by atoms with Crippen molar-refractivity contribution in [2.45, 2.75) is 65.8 Å². The van der Waals surface area contributed by atoms with E-state index in [1.807, 2.05) is 45.9 Å². The summed E-state index contributed by atoms with van der Waals surface area (Å²) in [6, 6.07) is 7.47. The molecule has 1 aromatic heterocycles. The van der Waals surface area contributed by atoms with Gasteiger partial charge in [-0.1, -0.05) is 39.2 Å². The molecule has 136 valence electrons. The Balaban J connectivity index is 0.00000109. The van der Waals surface area contributed by atoms with Gasteiger partial charge in [0.15, 0.2) is 0 Å². The van der Waals surface area contributed by atoms with Crippen LogP contribution in [0.5, 0.6) is 0 Å². The van der Waals surface area contributed by atoms with Crippen LogP contribution in [0, 0.1) is 13.8 Å². The van der Waals surface area contributed by atoms with Gasteiger partial charge in [0.2, 0.25) is 0 Å². The molecule has 1 aromatic carbocycles. The maximum absolute atomic E-state index is 12.4. The molecule has 0 unspecified atom stereocenters. The Kier molecular flexibility index (Phi) is 6.62. The fraction of sp³-hybridized carbons (Fsp3) is 0.500. The second-order valence-electron chi connectivity index (χ2n) is 6.41. The Morgan fingerprint density at radius 3 is 2.28 bits per heavy atom. The molecule has 1 aliphatic rings. The summed E-state index contributed by atoms with van der Waals surface area (Å²) in [4.78, 5) is 27.5. The van der Waals surface area contributed by atoms with Gasteiger partial charge in [-0.05, 0) is 49.9 Å². The highest BCUT2D eigenvalue weighted by Gasteiger charge is 2.19. The molecule has 1 saturated carbocycles. The second kappa shape index (κ2) is 8.70. The van der Waals surface area contributed by atoms with Gasteiger partial charge in [0.05, 0.1) is 0 Å². The van der Waals surface area contributed by atoms with E-state index in [1.165, 1.54) is 22.6 Å². The van der Waals surface area contributed by atoms with E-state index >= 15 is 0 Å². The molecule has 0 radical (unpaired) electrons. The number of hydrogen-bond acceptors (Lipinski definition) is 3. The van der Waals surface area contributed by atoms with Crippen molar-refractivity contribution < 1.29 is 0 Å². The molecule has 5 heteroatoms. The maximum atomic E-state index is 12.4. The van der Waals surface area contributed by atoms with E-state index in [-0.39, 0.29) is 17.3 Å². The van der Waals surface area contributed by atoms with Crippen LogP contribution in [0.2, 0.25) is 0 Å². The summed E-state index contributed by atoms with van der Waals surface area (Å²) < 4.78 is 1.38. The molecule has 1 heterocycles. The predicted octanol–water partition coefficient (Wildman–Crippen LogP) is 4.43. The summed E-state index contributed by atoms with van der Waals surface area (Å²) in [7, 11) is 0. The third-order valence-corrected chi connectivity index (χ3v) is 4.69. The molecule has 0 bridgehead atoms. The number of aryl methyl sites for hydroxylation is 2. The van der Waals surface area contributed by atoms with Crippen LogP contribution in [0.1, 0.15) is 63.1 Å². The minimum Gasteiger partial charge on any atom is -0.342 e. The number of hydrogen-bond donors (Lipinski definition) is 2. The number of H-pyrrole nitrogens is 1. The maximum Gasteiger partial charge on any atom is 0.330 e. The molecule has 2 aromatic rings. The molecular weight excluding hydrogens is 314 g/mol. The number of rotatable bonds is 3. The largest absolute Gasteiger partial charge is 0.342 e. The van der Waals surface area contributed by atoms with E-state index < -0.39 is 0 Å². The van der Waals surface area contributed by atoms with Crippen molar-refractivity contribution in [1.29, 1.82) is 0 Å². The number of aromatic nitrogens is 2. The highest BCUT2D eigenvalue weighted by molar-refractivity contribution is 5.57. The average Bonchev–Trinajstić information content (AvgIpc) is 2.60. The van der Waals surface area contributed by atoms with Crippen LogP contribution in [0.4, 0.5) is 11.5 Å². The summed E-state index contributed by atoms with van der Waals surface area (Å²) in [5, 5.41) is 3.11. The van der Waals surface area contributed by atoms with Gasteiger partial charge in [-0.2, -0.15) is 0 Å². The topological polar surface area (TPSA) is 66.9 Å². The van der Waals surface area contributed by atoms with Crippen LogP contribution in [0.25, 0.3) is 0 Å². The quantitative estimate of drug-likeness (QED) is 0.866. The predicted molar refractivity (Wildman–Crippen MR) is 104 cm³/mol. The fourth-order valence-corrected chi connectivity index (χ4v) is 3.23. The zero-order valence-corrected chi connectivity index (χ0v) is 15.7. The Morgan fingerprint density at radius 2 is 1.68 bits per heavy atom. The van der Waals surface area contributed by atoms with Gasteiger partial charge < -0.3 is 5.32 Å². The first-order chi connectivity index (χ1) is 12.0. The van der Waals surface area contributed by atoms with Crippen molar-refractivity contribution in [1.82, 2.24) is 9.55 Å². The number of anilines is 2. The molecule has 0 aliphatic heterocycles. The van der Waals surface area contributed by atoms with Gasteiger partial charge >= 0.3 is 5.69 Å². The van der Waals surface area contributed by atoms with E-state index in [1.54, 1.807) is 0 Å². The van der Waals surface area contributed by atoms with E-state index in [2.05, 4.69) is 10.3 Å². The monoisotopic (exact) mass is 343 g/mol. The van der Waals surface area contributed by atoms with Crippen LogP contribution in [0.15, 0.2) is 33.9 Å². The lowest BCUT2D eigenvalue weighted by Crippen LogP contribution is -2.38. The van der Waals surface area contributed by atoms with Gasteiger partial charge in [0.1, 0.15) is 5.82 Å². The third-order valence-electron chi connectivity index (χ3n) is 4.69. The van der Waals surface area contributed by atoms with Crippen molar-refractivity contribution in [2.24, 2.45) is 0 Å². The van der Waals surface area contributed by atoms with Gasteiger partial charge in [-0.25, -0.2) is 4.79 Å². The Labute approximate surface area is 149 Å². The lowest BCUT2D eigenvalue weighted by Gasteiger charge is -2.23. The Hall–Kier alpha value is -2.30. The highest BCUT2D eigenvalue weighted by atomic mass is 16.2.